The zero-order valence-corrected chi connectivity index (χ0v) is 64.0. The van der Waals surface area contributed by atoms with E-state index >= 15 is 0 Å². The molecule has 0 aromatic carbocycles. The van der Waals surface area contributed by atoms with Crippen molar-refractivity contribution in [3.8, 4) is 6.07 Å². The van der Waals surface area contributed by atoms with Crippen LogP contribution in [0.2, 0.25) is 0 Å². The van der Waals surface area contributed by atoms with E-state index in [2.05, 4.69) is 74.6 Å². The van der Waals surface area contributed by atoms with E-state index < -0.39 is 53.0 Å². The van der Waals surface area contributed by atoms with Crippen molar-refractivity contribution in [2.24, 2.45) is 16.2 Å². The Balaban J connectivity index is 0.000000218. The number of hydrogen-bond donors (Lipinski definition) is 10. The van der Waals surface area contributed by atoms with E-state index in [9.17, 15) is 44.4 Å². The Morgan fingerprint density at radius 2 is 0.802 bits per heavy atom. The summed E-state index contributed by atoms with van der Waals surface area (Å²) in [6, 6.07) is 25.7. The topological polar surface area (TPSA) is 491 Å². The number of aryl methyl sites for hydroxylation is 5. The number of nitriles is 1. The summed E-state index contributed by atoms with van der Waals surface area (Å²) < 4.78 is 90.5. The van der Waals surface area contributed by atoms with Crippen molar-refractivity contribution < 1.29 is 49.2 Å². The smallest absolute Gasteiger partial charge is 0.425 e. The molecule has 7 aromatic heterocycles. The molecule has 0 aliphatic carbocycles. The number of ether oxygens (including phenoxy) is 1. The minimum absolute atomic E-state index is 0.00101. The van der Waals surface area contributed by atoms with Gasteiger partial charge >= 0.3 is 36.7 Å². The maximum absolute atomic E-state index is 12.9. The number of rotatable bonds is 14. The molecule has 0 spiro atoms. The molecule has 0 radical (unpaired) electrons. The normalized spacial score (nSPS) is 14.2. The molecule has 106 heavy (non-hydrogen) atoms. The molecular weight excluding hydrogens is 1430 g/mol. The number of hydrogen-bond acceptors (Lipinski definition) is 25. The molecule has 7 aromatic rings. The average molecular weight is 1520 g/mol. The van der Waals surface area contributed by atoms with E-state index in [0.717, 1.165) is 28.1 Å². The number of amides is 4. The monoisotopic (exact) mass is 1520 g/mol. The molecule has 35 nitrogen and oxygen atoms in total. The zero-order valence-electron chi connectivity index (χ0n) is 61.6. The lowest BCUT2D eigenvalue weighted by Gasteiger charge is -2.34. The van der Waals surface area contributed by atoms with E-state index in [1.807, 2.05) is 57.4 Å². The van der Waals surface area contributed by atoms with Crippen LogP contribution in [0.5, 0.6) is 0 Å². The second-order valence-corrected chi connectivity index (χ2v) is 32.6. The van der Waals surface area contributed by atoms with Gasteiger partial charge in [0.2, 0.25) is 23.4 Å². The van der Waals surface area contributed by atoms with Crippen LogP contribution in [0.25, 0.3) is 4.85 Å². The van der Waals surface area contributed by atoms with E-state index in [4.69, 9.17) is 34.8 Å². The number of pyridine rings is 7. The van der Waals surface area contributed by atoms with E-state index in [1.165, 1.54) is 27.1 Å². The van der Waals surface area contributed by atoms with Gasteiger partial charge in [-0.15, -0.1) is 0 Å². The summed E-state index contributed by atoms with van der Waals surface area (Å²) in [6.07, 6.45) is 2.08. The van der Waals surface area contributed by atoms with Crippen molar-refractivity contribution in [1.29, 1.82) is 5.26 Å². The van der Waals surface area contributed by atoms with Crippen LogP contribution in [0.3, 0.4) is 0 Å². The summed E-state index contributed by atoms with van der Waals surface area (Å²) in [7, 11) is -11.7. The van der Waals surface area contributed by atoms with Gasteiger partial charge in [-0.1, -0.05) is 68.4 Å². The largest absolute Gasteiger partial charge is 0.447 e. The number of nitrogens with one attached hydrogen (secondary N) is 6. The van der Waals surface area contributed by atoms with Gasteiger partial charge in [-0.2, -0.15) is 43.4 Å². The highest BCUT2D eigenvalue weighted by atomic mass is 32.2. The van der Waals surface area contributed by atoms with Crippen molar-refractivity contribution in [1.82, 2.24) is 47.8 Å². The number of carbonyl (C=O) groups is 4. The van der Waals surface area contributed by atoms with Crippen molar-refractivity contribution in [2.45, 2.75) is 96.9 Å². The Morgan fingerprint density at radius 3 is 1.12 bits per heavy atom. The Kier molecular flexibility index (Phi) is 28.0. The van der Waals surface area contributed by atoms with Crippen LogP contribution < -0.4 is 62.9 Å². The van der Waals surface area contributed by atoms with Crippen LogP contribution in [0.1, 0.15) is 95.7 Å². The van der Waals surface area contributed by atoms with Gasteiger partial charge in [-0.25, -0.2) is 44.3 Å². The Bertz CT molecular complexity index is 4650. The highest BCUT2D eigenvalue weighted by Crippen LogP contribution is 2.26. The van der Waals surface area contributed by atoms with Crippen LogP contribution in [-0.2, 0) is 49.7 Å². The molecule has 4 amide bonds. The first-order valence-corrected chi connectivity index (χ1v) is 37.3. The Labute approximate surface area is 618 Å². The molecule has 3 aliphatic heterocycles. The summed E-state index contributed by atoms with van der Waals surface area (Å²) >= 11 is 0. The highest BCUT2D eigenvalue weighted by molar-refractivity contribution is 7.91. The Morgan fingerprint density at radius 1 is 0.472 bits per heavy atom. The Hall–Kier alpha value is -11.3. The van der Waals surface area contributed by atoms with Crippen molar-refractivity contribution in [3.05, 3.63) is 142 Å². The molecule has 14 N–H and O–H groups in total. The number of nitrogens with zero attached hydrogens (tertiary/aromatic N) is 14. The first-order chi connectivity index (χ1) is 49.3. The van der Waals surface area contributed by atoms with Gasteiger partial charge in [0.1, 0.15) is 82.5 Å². The number of aromatic nitrogens is 7. The predicted molar refractivity (Wildman–Crippen MR) is 409 cm³/mol. The molecule has 3 saturated heterocycles. The van der Waals surface area contributed by atoms with Crippen LogP contribution in [0.15, 0.2) is 97.3 Å². The molecule has 568 valence electrons. The number of carbonyl (C=O) groups excluding carboxylic acids is 4. The van der Waals surface area contributed by atoms with E-state index in [1.54, 1.807) is 134 Å². The van der Waals surface area contributed by atoms with Gasteiger partial charge in [0.05, 0.1) is 18.7 Å². The summed E-state index contributed by atoms with van der Waals surface area (Å²) in [5.41, 5.74) is 25.6. The minimum atomic E-state index is -4.12. The van der Waals surface area contributed by atoms with Crippen molar-refractivity contribution >= 4 is 130 Å². The second-order valence-electron chi connectivity index (χ2n) is 27.6. The predicted octanol–water partition coefficient (Wildman–Crippen LogP) is 7.51. The SMILES string of the molecule is Cc1cc(N)nc(N)c1.Cc1cc(N)nc(NC(=O)C(C)(C)C)c1.Cc1cc(N)nc(NS(=O)(=O)N2CCN(c3ccc(C#N)cn3)CC2)c1.Cc1cc(NC(=O)C(C)(C)C)nc(NS(=O)(=O)N2CCOC2=O)c1.[C-]#[N+]c1ccc(N2CCN(S(=O)(=O)Nc3cc(C)cc(NC(=O)C(C)(C)C)n3)CC2)nc1. The fourth-order valence-electron chi connectivity index (χ4n) is 9.47. The summed E-state index contributed by atoms with van der Waals surface area (Å²) in [5.74, 6) is 3.91. The molecule has 38 heteroatoms. The first-order valence-electron chi connectivity index (χ1n) is 32.9. The van der Waals surface area contributed by atoms with Gasteiger partial charge in [0, 0.05) is 81.0 Å². The fourth-order valence-corrected chi connectivity index (χ4v) is 12.8. The molecule has 0 atom stereocenters. The van der Waals surface area contributed by atoms with Gasteiger partial charge in [0.15, 0.2) is 0 Å². The lowest BCUT2D eigenvalue weighted by molar-refractivity contribution is -0.123. The number of nitrogen functional groups attached to an aromatic ring is 4. The van der Waals surface area contributed by atoms with Gasteiger partial charge in [-0.3, -0.25) is 28.8 Å². The highest BCUT2D eigenvalue weighted by Gasteiger charge is 2.35. The van der Waals surface area contributed by atoms with Gasteiger partial charge in [0.25, 0.3) is 0 Å². The van der Waals surface area contributed by atoms with Crippen LogP contribution >= 0.6 is 0 Å². The molecule has 10 heterocycles. The maximum Gasteiger partial charge on any atom is 0.425 e. The summed E-state index contributed by atoms with van der Waals surface area (Å²) in [4.78, 5) is 83.3. The number of nitrogens with two attached hydrogens (primary N) is 4. The first kappa shape index (κ1) is 83.6. The summed E-state index contributed by atoms with van der Waals surface area (Å²) in [6.45, 7) is 35.4. The molecule has 0 bridgehead atoms. The zero-order chi connectivity index (χ0) is 78.9. The number of piperazine rings is 2. The van der Waals surface area contributed by atoms with Crippen molar-refractivity contribution in [2.75, 3.05) is 128 Å². The quantitative estimate of drug-likeness (QED) is 0.0471. The molecule has 10 rings (SSSR count). The third-order valence-electron chi connectivity index (χ3n) is 15.0. The maximum atomic E-state index is 12.9. The number of cyclic esters (lactones) is 1. The lowest BCUT2D eigenvalue weighted by atomic mass is 9.96. The van der Waals surface area contributed by atoms with Gasteiger partial charge in [-0.05, 0) is 141 Å². The summed E-state index contributed by atoms with van der Waals surface area (Å²) in [5, 5.41) is 16.9. The molecule has 3 aliphatic rings. The molecule has 0 unspecified atom stereocenters. The van der Waals surface area contributed by atoms with E-state index in [-0.39, 0.29) is 73.1 Å². The van der Waals surface area contributed by atoms with Crippen LogP contribution in [0.4, 0.5) is 80.3 Å². The molecule has 0 saturated carbocycles. The fraction of sp³-hybridized carbons (Fsp3) is 0.397. The standard InChI is InChI=1S/C21H27N7O3S.C16H19N7O2S.C14H20N4O5S.C11H17N3O.C6H9N3/c1-15-12-17(25-20(29)21(2,3)4)24-18(13-15)26-32(30,31)28-10-8-27(9-11-28)19-7-6-16(22-5)14-23-19;1-12-8-14(18)20-15(9-12)21-26(24,25)23-6-4-22(5-7-23)16-3-2-13(10-17)11-19-16;1-9-7-10(16-12(19)14(2,3)4)15-11(8-9)17-24(21,22)18-5-6-23-13(18)20;1-7-5-8(12)13-9(6-7)14-10(15)11(2,3)4;1-4-2-5(7)9-6(8)3-4/h6-7,12-14H,8-11H2,1-4H3,(H2,24,25,26,29);2-3,8-9,11H,4-7H2,1H3,(H3,18,20,21);7-8H,5-6H2,1-4H3,(H2,15,16,17,19);5-6H,1-4H3,(H3,12,13,14,15);2-3H,1H3,(H4,7,8,9). The third kappa shape index (κ3) is 25.8. The lowest BCUT2D eigenvalue weighted by Crippen LogP contribution is -2.50. The molecular formula is C68H92N24O11S3. The molecule has 3 fully saturated rings. The van der Waals surface area contributed by atoms with Crippen molar-refractivity contribution in [3.63, 3.8) is 0 Å². The minimum Gasteiger partial charge on any atom is -0.447 e. The van der Waals surface area contributed by atoms with Gasteiger partial charge < -0.3 is 53.4 Å². The van der Waals surface area contributed by atoms with Crippen LogP contribution in [0, 0.1) is 68.8 Å². The second kappa shape index (κ2) is 35.4. The average Bonchev–Trinajstić information content (AvgIpc) is 1.48. The van der Waals surface area contributed by atoms with E-state index in [0.29, 0.717) is 95.3 Å². The third-order valence-corrected chi connectivity index (χ3v) is 19.4. The number of anilines is 12. The van der Waals surface area contributed by atoms with Crippen LogP contribution in [-0.4, -0.2) is 162 Å².